The maximum Gasteiger partial charge on any atom is 0.472 e. The van der Waals surface area contributed by atoms with Crippen LogP contribution in [0.2, 0.25) is 0 Å². The molecule has 1 unspecified atom stereocenters. The van der Waals surface area contributed by atoms with Gasteiger partial charge in [0.2, 0.25) is 0 Å². The summed E-state index contributed by atoms with van der Waals surface area (Å²) in [6.45, 7) is 5.29. The number of phosphoric ester groups is 1. The third-order valence-electron chi connectivity index (χ3n) is 8.53. The van der Waals surface area contributed by atoms with Crippen molar-refractivity contribution in [2.24, 2.45) is 0 Å². The number of allylic oxidation sites excluding steroid dienone is 8. The van der Waals surface area contributed by atoms with Crippen molar-refractivity contribution in [1.82, 2.24) is 4.90 Å². The Bertz CT molecular complexity index is 759. The maximum atomic E-state index is 12.6. The summed E-state index contributed by atoms with van der Waals surface area (Å²) in [5.41, 5.74) is 0. The lowest BCUT2D eigenvalue weighted by molar-refractivity contribution is 0.0874. The van der Waals surface area contributed by atoms with Crippen LogP contribution in [-0.4, -0.2) is 43.1 Å². The van der Waals surface area contributed by atoms with Crippen LogP contribution >= 0.6 is 7.82 Å². The van der Waals surface area contributed by atoms with Crippen molar-refractivity contribution in [3.63, 3.8) is 0 Å². The Morgan fingerprint density at radius 3 is 1.30 bits per heavy atom. The van der Waals surface area contributed by atoms with Crippen LogP contribution in [-0.2, 0) is 13.6 Å². The molecule has 0 saturated carbocycles. The third-order valence-corrected chi connectivity index (χ3v) is 9.60. The minimum atomic E-state index is -4.04. The Kier molecular flexibility index (Phi) is 35.6. The molecule has 0 aliphatic rings. The lowest BCUT2D eigenvalue weighted by Gasteiger charge is -2.21. The van der Waals surface area contributed by atoms with Crippen molar-refractivity contribution in [2.45, 2.75) is 187 Å². The summed E-state index contributed by atoms with van der Waals surface area (Å²) in [4.78, 5) is 12.3. The first kappa shape index (κ1) is 46.0. The molecule has 0 aliphatic carbocycles. The monoisotopic (exact) mass is 680 g/mol. The first-order chi connectivity index (χ1) is 22.9. The quantitative estimate of drug-likeness (QED) is 0.0406. The number of rotatable bonds is 36. The smallest absolute Gasteiger partial charge is 0.307 e. The lowest BCUT2D eigenvalue weighted by Crippen LogP contribution is -2.19. The van der Waals surface area contributed by atoms with Gasteiger partial charge in [-0.2, -0.15) is 0 Å². The van der Waals surface area contributed by atoms with Crippen molar-refractivity contribution in [3.05, 3.63) is 48.6 Å². The van der Waals surface area contributed by atoms with Crippen molar-refractivity contribution >= 4 is 7.82 Å². The van der Waals surface area contributed by atoms with Gasteiger partial charge < -0.3 is 9.79 Å². The van der Waals surface area contributed by atoms with E-state index in [9.17, 15) is 9.46 Å². The minimum absolute atomic E-state index is 0.198. The van der Waals surface area contributed by atoms with E-state index in [1.54, 1.807) is 0 Å². The second-order valence-corrected chi connectivity index (χ2v) is 15.0. The van der Waals surface area contributed by atoms with Gasteiger partial charge in [0, 0.05) is 6.54 Å². The fraction of sp³-hybridized carbons (Fsp3) is 0.805. The van der Waals surface area contributed by atoms with E-state index in [-0.39, 0.29) is 12.7 Å². The molecular weight excluding hydrogens is 601 g/mol. The lowest BCUT2D eigenvalue weighted by atomic mass is 10.0. The molecule has 276 valence electrons. The number of phosphoric acid groups is 1. The van der Waals surface area contributed by atoms with Gasteiger partial charge in [-0.1, -0.05) is 152 Å². The van der Waals surface area contributed by atoms with Gasteiger partial charge in [-0.25, -0.2) is 4.57 Å². The van der Waals surface area contributed by atoms with E-state index in [1.165, 1.54) is 116 Å². The Labute approximate surface area is 293 Å². The van der Waals surface area contributed by atoms with Crippen molar-refractivity contribution in [3.8, 4) is 0 Å². The average molecular weight is 680 g/mol. The van der Waals surface area contributed by atoms with E-state index >= 15 is 0 Å². The Hall–Kier alpha value is -0.970. The topological polar surface area (TPSA) is 59.0 Å². The second kappa shape index (κ2) is 36.3. The predicted molar refractivity (Wildman–Crippen MR) is 207 cm³/mol. The van der Waals surface area contributed by atoms with E-state index in [4.69, 9.17) is 9.05 Å². The molecule has 0 amide bonds. The van der Waals surface area contributed by atoms with E-state index in [0.29, 0.717) is 6.54 Å². The molecule has 0 saturated heterocycles. The van der Waals surface area contributed by atoms with Crippen molar-refractivity contribution in [1.29, 1.82) is 0 Å². The van der Waals surface area contributed by atoms with Gasteiger partial charge in [-0.3, -0.25) is 9.05 Å². The first-order valence-electron chi connectivity index (χ1n) is 19.8. The summed E-state index contributed by atoms with van der Waals surface area (Å²) >= 11 is 0. The molecule has 0 radical (unpaired) electrons. The molecule has 0 aromatic heterocycles. The highest BCUT2D eigenvalue weighted by Crippen LogP contribution is 2.46. The van der Waals surface area contributed by atoms with Crippen LogP contribution in [0.1, 0.15) is 181 Å². The molecule has 0 rings (SSSR count). The zero-order valence-electron chi connectivity index (χ0n) is 31.6. The summed E-state index contributed by atoms with van der Waals surface area (Å²) in [7, 11) is -0.189. The largest absolute Gasteiger partial charge is 0.472 e. The zero-order valence-corrected chi connectivity index (χ0v) is 32.5. The van der Waals surface area contributed by atoms with E-state index in [2.05, 4.69) is 62.5 Å². The summed E-state index contributed by atoms with van der Waals surface area (Å²) in [6, 6.07) is 0. The Morgan fingerprint density at radius 2 is 0.915 bits per heavy atom. The molecule has 5 nitrogen and oxygen atoms in total. The molecular formula is C41H78NO4P. The van der Waals surface area contributed by atoms with Crippen LogP contribution < -0.4 is 0 Å². The second-order valence-electron chi connectivity index (χ2n) is 13.6. The van der Waals surface area contributed by atoms with Gasteiger partial charge in [0.05, 0.1) is 12.7 Å². The highest BCUT2D eigenvalue weighted by atomic mass is 31.2. The molecule has 47 heavy (non-hydrogen) atoms. The Morgan fingerprint density at radius 1 is 0.553 bits per heavy atom. The van der Waals surface area contributed by atoms with Crippen LogP contribution in [0, 0.1) is 0 Å². The fourth-order valence-corrected chi connectivity index (χ4v) is 6.49. The number of likely N-dealkylation sites (N-methyl/N-ethyl adjacent to an activating group) is 1. The van der Waals surface area contributed by atoms with Crippen LogP contribution in [0.25, 0.3) is 0 Å². The van der Waals surface area contributed by atoms with E-state index in [0.717, 1.165) is 51.4 Å². The molecule has 1 atom stereocenters. The van der Waals surface area contributed by atoms with Crippen molar-refractivity contribution < 1.29 is 18.5 Å². The normalized spacial score (nSPS) is 14.5. The number of nitrogens with zero attached hydrogens (tertiary/aromatic N) is 1. The van der Waals surface area contributed by atoms with Gasteiger partial charge >= 0.3 is 7.82 Å². The van der Waals surface area contributed by atoms with Gasteiger partial charge in [-0.05, 0) is 91.1 Å². The number of hydrogen-bond acceptors (Lipinski definition) is 4. The fourth-order valence-electron chi connectivity index (χ4n) is 5.53. The highest BCUT2D eigenvalue weighted by molar-refractivity contribution is 7.47. The average Bonchev–Trinajstić information content (AvgIpc) is 3.03. The van der Waals surface area contributed by atoms with Gasteiger partial charge in [0.1, 0.15) is 0 Å². The molecule has 6 heteroatoms. The molecule has 0 fully saturated rings. The zero-order chi connectivity index (χ0) is 34.5. The first-order valence-corrected chi connectivity index (χ1v) is 21.3. The van der Waals surface area contributed by atoms with Crippen LogP contribution in [0.3, 0.4) is 0 Å². The highest BCUT2D eigenvalue weighted by Gasteiger charge is 2.26. The summed E-state index contributed by atoms with van der Waals surface area (Å²) in [5.74, 6) is 0. The molecule has 0 aromatic carbocycles. The third kappa shape index (κ3) is 37.7. The summed E-state index contributed by atoms with van der Waals surface area (Å²) < 4.78 is 23.6. The summed E-state index contributed by atoms with van der Waals surface area (Å²) in [6.07, 6.45) is 49.2. The number of unbranched alkanes of at least 4 members (excludes halogenated alkanes) is 18. The van der Waals surface area contributed by atoms with E-state index in [1.807, 2.05) is 19.0 Å². The Balaban J connectivity index is 4.14. The van der Waals surface area contributed by atoms with E-state index < -0.39 is 7.82 Å². The molecule has 0 aliphatic heterocycles. The summed E-state index contributed by atoms with van der Waals surface area (Å²) in [5, 5.41) is 0. The van der Waals surface area contributed by atoms with Crippen LogP contribution in [0.15, 0.2) is 48.6 Å². The standard InChI is InChI=1S/C41H78NO4P/c1-5-7-9-11-13-15-17-19-21-23-25-27-29-31-33-35-37-41(46-47(43,44)45-40-39-42(3)4)38-36-34-32-30-28-26-24-22-20-18-16-14-12-10-8-6-2/h13-16,19-22,41H,5-12,17-18,23-40H2,1-4H3,(H,43,44). The van der Waals surface area contributed by atoms with Gasteiger partial charge in [0.25, 0.3) is 0 Å². The molecule has 0 aromatic rings. The predicted octanol–water partition coefficient (Wildman–Crippen LogP) is 13.5. The number of hydrogen-bond donors (Lipinski definition) is 1. The molecule has 1 N–H and O–H groups in total. The van der Waals surface area contributed by atoms with Crippen molar-refractivity contribution in [2.75, 3.05) is 27.2 Å². The SMILES string of the molecule is CCCCCC=CCC=CCCCCCCCCC(CCCCCCCCC=CCC=CCCCCC)OP(=O)(O)OCCN(C)C. The van der Waals surface area contributed by atoms with Crippen LogP contribution in [0.5, 0.6) is 0 Å². The molecule has 0 spiro atoms. The van der Waals surface area contributed by atoms with Gasteiger partial charge in [0.15, 0.2) is 0 Å². The van der Waals surface area contributed by atoms with Crippen LogP contribution in [0.4, 0.5) is 0 Å². The van der Waals surface area contributed by atoms with Gasteiger partial charge in [-0.15, -0.1) is 0 Å². The molecule has 0 bridgehead atoms. The molecule has 0 heterocycles. The maximum absolute atomic E-state index is 12.6. The minimum Gasteiger partial charge on any atom is -0.307 e.